The number of anilines is 1. The molecule has 124 valence electrons. The van der Waals surface area contributed by atoms with Crippen molar-refractivity contribution in [3.8, 4) is 11.1 Å². The van der Waals surface area contributed by atoms with Crippen molar-refractivity contribution in [1.82, 2.24) is 19.3 Å². The highest BCUT2D eigenvalue weighted by Gasteiger charge is 2.16. The van der Waals surface area contributed by atoms with Crippen LogP contribution in [0.4, 0.5) is 5.82 Å². The molecular weight excluding hydrogens is 310 g/mol. The number of rotatable bonds is 3. The molecule has 0 saturated heterocycles. The molecule has 0 atom stereocenters. The zero-order valence-corrected chi connectivity index (χ0v) is 13.2. The predicted molar refractivity (Wildman–Crippen MR) is 88.5 cm³/mol. The van der Waals surface area contributed by atoms with Crippen molar-refractivity contribution in [3.05, 3.63) is 54.7 Å². The number of hydrogen-bond acceptors (Lipinski definition) is 4. The lowest BCUT2D eigenvalue weighted by molar-refractivity contribution is -0.122. The quantitative estimate of drug-likeness (QED) is 0.714. The summed E-state index contributed by atoms with van der Waals surface area (Å²) in [5, 5.41) is 14.0. The summed E-state index contributed by atoms with van der Waals surface area (Å²) in [5.41, 5.74) is 1.88. The van der Waals surface area contributed by atoms with E-state index in [2.05, 4.69) is 15.4 Å². The van der Waals surface area contributed by atoms with Gasteiger partial charge in [-0.15, -0.1) is 0 Å². The molecule has 2 heterocycles. The Bertz CT molecular complexity index is 823. The van der Waals surface area contributed by atoms with Gasteiger partial charge in [0.25, 0.3) is 12.4 Å². The summed E-state index contributed by atoms with van der Waals surface area (Å²) in [6.07, 6.45) is 5.07. The maximum absolute atomic E-state index is 12.3. The number of imidazole rings is 1. The van der Waals surface area contributed by atoms with Crippen LogP contribution < -0.4 is 5.32 Å². The van der Waals surface area contributed by atoms with E-state index < -0.39 is 0 Å². The fourth-order valence-electron chi connectivity index (χ4n) is 2.16. The number of carbonyl (C=O) groups excluding carboxylic acids is 1. The number of amides is 1. The second-order valence-electron chi connectivity index (χ2n) is 4.82. The van der Waals surface area contributed by atoms with Crippen LogP contribution in [0.5, 0.6) is 0 Å². The topological polar surface area (TPSA) is 102 Å². The van der Waals surface area contributed by atoms with Gasteiger partial charge in [0.15, 0.2) is 5.82 Å². The molecule has 2 aromatic heterocycles. The van der Waals surface area contributed by atoms with Gasteiger partial charge in [0, 0.05) is 32.1 Å². The zero-order valence-electron chi connectivity index (χ0n) is 13.2. The summed E-state index contributed by atoms with van der Waals surface area (Å²) in [5.74, 6) is 0.743. The molecule has 0 saturated carbocycles. The first-order valence-corrected chi connectivity index (χ1v) is 7.02. The van der Waals surface area contributed by atoms with Gasteiger partial charge >= 0.3 is 0 Å². The van der Waals surface area contributed by atoms with Crippen molar-refractivity contribution < 1.29 is 14.7 Å². The standard InChI is InChI=1S/C15H15N5O.CH2O2/c1-19-9-8-16-14(19)15(21)18-13-12(10-17-20(13)2)11-6-4-3-5-7-11;2-1-3/h3-10H,1-2H3,(H,18,21);1H,(H,2,3). The fraction of sp³-hybridized carbons (Fsp3) is 0.125. The average Bonchev–Trinajstić information content (AvgIpc) is 3.16. The summed E-state index contributed by atoms with van der Waals surface area (Å²) >= 11 is 0. The van der Waals surface area contributed by atoms with Gasteiger partial charge in [-0.25, -0.2) is 4.98 Å². The van der Waals surface area contributed by atoms with Crippen LogP contribution >= 0.6 is 0 Å². The number of carboxylic acid groups (broad SMARTS) is 1. The first-order chi connectivity index (χ1) is 11.6. The first kappa shape index (κ1) is 16.9. The Kier molecular flexibility index (Phi) is 5.45. The Hall–Kier alpha value is -3.42. The van der Waals surface area contributed by atoms with Crippen LogP contribution in [0.2, 0.25) is 0 Å². The molecule has 1 aromatic carbocycles. The molecule has 0 spiro atoms. The molecule has 2 N–H and O–H groups in total. The third-order valence-electron chi connectivity index (χ3n) is 3.28. The van der Waals surface area contributed by atoms with E-state index in [0.717, 1.165) is 11.1 Å². The molecular formula is C16H17N5O3. The maximum Gasteiger partial charge on any atom is 0.292 e. The van der Waals surface area contributed by atoms with E-state index >= 15 is 0 Å². The van der Waals surface area contributed by atoms with Crippen molar-refractivity contribution in [2.75, 3.05) is 5.32 Å². The van der Waals surface area contributed by atoms with Crippen molar-refractivity contribution >= 4 is 18.2 Å². The second kappa shape index (κ2) is 7.73. The Labute approximate surface area is 138 Å². The van der Waals surface area contributed by atoms with E-state index in [1.54, 1.807) is 41.9 Å². The van der Waals surface area contributed by atoms with E-state index in [1.165, 1.54) is 0 Å². The Balaban J connectivity index is 0.000000647. The van der Waals surface area contributed by atoms with Gasteiger partial charge in [-0.3, -0.25) is 14.3 Å². The fourth-order valence-corrected chi connectivity index (χ4v) is 2.16. The Morgan fingerprint density at radius 2 is 1.92 bits per heavy atom. The average molecular weight is 327 g/mol. The van der Waals surface area contributed by atoms with Gasteiger partial charge in [-0.05, 0) is 5.56 Å². The highest BCUT2D eigenvalue weighted by Crippen LogP contribution is 2.27. The van der Waals surface area contributed by atoms with Crippen LogP contribution in [-0.2, 0) is 18.9 Å². The minimum absolute atomic E-state index is 0.250. The lowest BCUT2D eigenvalue weighted by Crippen LogP contribution is -2.19. The van der Waals surface area contributed by atoms with Crippen LogP contribution in [-0.4, -0.2) is 36.8 Å². The molecule has 0 fully saturated rings. The minimum atomic E-state index is -0.261. The van der Waals surface area contributed by atoms with Gasteiger partial charge in [-0.2, -0.15) is 5.10 Å². The third kappa shape index (κ3) is 3.67. The number of aryl methyl sites for hydroxylation is 2. The second-order valence-corrected chi connectivity index (χ2v) is 4.82. The summed E-state index contributed by atoms with van der Waals surface area (Å²) in [6.45, 7) is -0.250. The maximum atomic E-state index is 12.3. The summed E-state index contributed by atoms with van der Waals surface area (Å²) in [4.78, 5) is 24.7. The van der Waals surface area contributed by atoms with Crippen LogP contribution in [0.3, 0.4) is 0 Å². The van der Waals surface area contributed by atoms with Crippen molar-refractivity contribution in [2.45, 2.75) is 0 Å². The molecule has 0 bridgehead atoms. The number of nitrogens with zero attached hydrogens (tertiary/aromatic N) is 4. The SMILES string of the molecule is Cn1ccnc1C(=O)Nc1c(-c2ccccc2)cnn1C.O=CO. The molecule has 3 aromatic rings. The molecule has 0 aliphatic carbocycles. The van der Waals surface area contributed by atoms with E-state index in [1.807, 2.05) is 30.3 Å². The van der Waals surface area contributed by atoms with Crippen LogP contribution in [0.1, 0.15) is 10.6 Å². The smallest absolute Gasteiger partial charge is 0.292 e. The Morgan fingerprint density at radius 1 is 1.25 bits per heavy atom. The van der Waals surface area contributed by atoms with Crippen molar-refractivity contribution in [1.29, 1.82) is 0 Å². The molecule has 0 aliphatic heterocycles. The van der Waals surface area contributed by atoms with Crippen LogP contribution in [0, 0.1) is 0 Å². The number of aromatic nitrogens is 4. The minimum Gasteiger partial charge on any atom is -0.483 e. The highest BCUT2D eigenvalue weighted by molar-refractivity contribution is 6.03. The molecule has 0 radical (unpaired) electrons. The molecule has 8 heteroatoms. The molecule has 1 amide bonds. The van der Waals surface area contributed by atoms with Gasteiger partial charge in [0.1, 0.15) is 5.82 Å². The van der Waals surface area contributed by atoms with E-state index in [-0.39, 0.29) is 12.4 Å². The predicted octanol–water partition coefficient (Wildman–Crippen LogP) is 1.77. The number of nitrogens with one attached hydrogen (secondary N) is 1. The van der Waals surface area contributed by atoms with Crippen molar-refractivity contribution in [3.63, 3.8) is 0 Å². The van der Waals surface area contributed by atoms with Gasteiger partial charge in [0.2, 0.25) is 0 Å². The number of benzene rings is 1. The first-order valence-electron chi connectivity index (χ1n) is 7.02. The van der Waals surface area contributed by atoms with E-state index in [0.29, 0.717) is 11.6 Å². The number of carbonyl (C=O) groups is 2. The molecule has 3 rings (SSSR count). The van der Waals surface area contributed by atoms with Gasteiger partial charge in [0.05, 0.1) is 6.20 Å². The van der Waals surface area contributed by atoms with Crippen LogP contribution in [0.25, 0.3) is 11.1 Å². The van der Waals surface area contributed by atoms with E-state index in [9.17, 15) is 4.79 Å². The van der Waals surface area contributed by atoms with Gasteiger partial charge < -0.3 is 15.0 Å². The number of hydrogen-bond donors (Lipinski definition) is 2. The summed E-state index contributed by atoms with van der Waals surface area (Å²) in [7, 11) is 3.57. The highest BCUT2D eigenvalue weighted by atomic mass is 16.3. The molecule has 0 aliphatic rings. The van der Waals surface area contributed by atoms with Crippen molar-refractivity contribution in [2.24, 2.45) is 14.1 Å². The lowest BCUT2D eigenvalue weighted by Gasteiger charge is -2.08. The zero-order chi connectivity index (χ0) is 17.5. The normalized spacial score (nSPS) is 9.75. The monoisotopic (exact) mass is 327 g/mol. The Morgan fingerprint density at radius 3 is 2.50 bits per heavy atom. The lowest BCUT2D eigenvalue weighted by atomic mass is 10.1. The molecule has 24 heavy (non-hydrogen) atoms. The van der Waals surface area contributed by atoms with Crippen LogP contribution in [0.15, 0.2) is 48.9 Å². The van der Waals surface area contributed by atoms with E-state index in [4.69, 9.17) is 9.90 Å². The summed E-state index contributed by atoms with van der Waals surface area (Å²) in [6, 6.07) is 9.81. The molecule has 0 unspecified atom stereocenters. The summed E-state index contributed by atoms with van der Waals surface area (Å²) < 4.78 is 3.32. The van der Waals surface area contributed by atoms with Gasteiger partial charge in [-0.1, -0.05) is 30.3 Å². The third-order valence-corrected chi connectivity index (χ3v) is 3.28. The largest absolute Gasteiger partial charge is 0.483 e. The molecule has 8 nitrogen and oxygen atoms in total.